The van der Waals surface area contributed by atoms with Crippen molar-refractivity contribution in [2.24, 2.45) is 0 Å². The Morgan fingerprint density at radius 3 is 2.80 bits per heavy atom. The van der Waals surface area contributed by atoms with Crippen LogP contribution in [0.1, 0.15) is 6.42 Å². The highest BCUT2D eigenvalue weighted by molar-refractivity contribution is 5.19. The summed E-state index contributed by atoms with van der Waals surface area (Å²) in [5.41, 5.74) is -1.17. The lowest BCUT2D eigenvalue weighted by molar-refractivity contribution is 0.0568. The average Bonchev–Trinajstić information content (AvgIpc) is 2.33. The fourth-order valence-corrected chi connectivity index (χ4v) is 1.25. The summed E-state index contributed by atoms with van der Waals surface area (Å²) >= 11 is 0. The second-order valence-corrected chi connectivity index (χ2v) is 2.77. The zero-order valence-corrected chi connectivity index (χ0v) is 5.69. The van der Waals surface area contributed by atoms with Gasteiger partial charge in [0.1, 0.15) is 5.76 Å². The summed E-state index contributed by atoms with van der Waals surface area (Å²) < 4.78 is 18.5. The number of hydrogen-bond acceptors (Lipinski definition) is 2. The Bertz CT molecular complexity index is 174. The molecule has 1 saturated heterocycles. The number of rotatable bonds is 1. The Morgan fingerprint density at radius 2 is 2.40 bits per heavy atom. The van der Waals surface area contributed by atoms with Gasteiger partial charge in [0.15, 0.2) is 5.67 Å². The van der Waals surface area contributed by atoms with Crippen molar-refractivity contribution in [3.63, 3.8) is 0 Å². The first-order valence-corrected chi connectivity index (χ1v) is 3.54. The molecule has 0 unspecified atom stereocenters. The van der Waals surface area contributed by atoms with Crippen molar-refractivity contribution in [3.8, 4) is 0 Å². The number of nitrogens with one attached hydrogen (secondary N) is 1. The van der Waals surface area contributed by atoms with Crippen molar-refractivity contribution in [2.45, 2.75) is 12.1 Å². The molecule has 2 rings (SSSR count). The molecule has 0 atom stereocenters. The highest BCUT2D eigenvalue weighted by Gasteiger charge is 2.43. The van der Waals surface area contributed by atoms with Gasteiger partial charge in [0.05, 0.1) is 6.61 Å². The summed E-state index contributed by atoms with van der Waals surface area (Å²) in [5, 5.41) is 2.88. The van der Waals surface area contributed by atoms with Crippen molar-refractivity contribution in [1.29, 1.82) is 0 Å². The Morgan fingerprint density at radius 1 is 1.60 bits per heavy atom. The predicted molar refractivity (Wildman–Crippen MR) is 35.4 cm³/mol. The van der Waals surface area contributed by atoms with Crippen molar-refractivity contribution < 1.29 is 9.13 Å². The van der Waals surface area contributed by atoms with Crippen molar-refractivity contribution in [1.82, 2.24) is 5.32 Å². The van der Waals surface area contributed by atoms with Crippen LogP contribution in [0.2, 0.25) is 0 Å². The SMILES string of the molecule is FC1(C2=CCCO2)CNC1. The van der Waals surface area contributed by atoms with E-state index in [0.29, 0.717) is 25.5 Å². The van der Waals surface area contributed by atoms with Crippen LogP contribution in [0, 0.1) is 0 Å². The first kappa shape index (κ1) is 6.16. The largest absolute Gasteiger partial charge is 0.494 e. The van der Waals surface area contributed by atoms with Crippen LogP contribution in [0.5, 0.6) is 0 Å². The molecule has 56 valence electrons. The minimum atomic E-state index is -1.17. The molecule has 0 amide bonds. The topological polar surface area (TPSA) is 21.3 Å². The molecule has 2 heterocycles. The van der Waals surface area contributed by atoms with E-state index < -0.39 is 5.67 Å². The standard InChI is InChI=1S/C7H10FNO/c8-7(4-9-5-7)6-2-1-3-10-6/h2,9H,1,3-5H2. The number of ether oxygens (including phenoxy) is 1. The summed E-state index contributed by atoms with van der Waals surface area (Å²) in [6.45, 7) is 1.48. The molecule has 1 N–H and O–H groups in total. The van der Waals surface area contributed by atoms with Crippen molar-refractivity contribution in [2.75, 3.05) is 19.7 Å². The molecule has 0 bridgehead atoms. The van der Waals surface area contributed by atoms with Crippen molar-refractivity contribution >= 4 is 0 Å². The monoisotopic (exact) mass is 143 g/mol. The van der Waals surface area contributed by atoms with Crippen LogP contribution in [0.15, 0.2) is 11.8 Å². The summed E-state index contributed by atoms with van der Waals surface area (Å²) in [7, 11) is 0. The average molecular weight is 143 g/mol. The summed E-state index contributed by atoms with van der Waals surface area (Å²) in [6, 6.07) is 0. The van der Waals surface area contributed by atoms with E-state index >= 15 is 0 Å². The lowest BCUT2D eigenvalue weighted by atomic mass is 9.97. The minimum absolute atomic E-state index is 0.416. The molecule has 0 aromatic rings. The maximum atomic E-state index is 13.4. The third kappa shape index (κ3) is 0.736. The van der Waals surface area contributed by atoms with Crippen LogP contribution in [0.4, 0.5) is 4.39 Å². The Balaban J connectivity index is 2.09. The van der Waals surface area contributed by atoms with Gasteiger partial charge in [0, 0.05) is 19.5 Å². The Labute approximate surface area is 59.1 Å². The van der Waals surface area contributed by atoms with E-state index in [0.717, 1.165) is 6.42 Å². The molecule has 10 heavy (non-hydrogen) atoms. The molecule has 2 nitrogen and oxygen atoms in total. The van der Waals surface area contributed by atoms with Gasteiger partial charge in [-0.3, -0.25) is 0 Å². The number of halogens is 1. The van der Waals surface area contributed by atoms with Gasteiger partial charge < -0.3 is 10.1 Å². The van der Waals surface area contributed by atoms with E-state index in [1.807, 2.05) is 6.08 Å². The molecule has 1 fully saturated rings. The molecule has 2 aliphatic heterocycles. The van der Waals surface area contributed by atoms with Crippen LogP contribution >= 0.6 is 0 Å². The molecule has 2 aliphatic rings. The molecule has 0 radical (unpaired) electrons. The predicted octanol–water partition coefficient (Wildman–Crippen LogP) is 0.602. The number of alkyl halides is 1. The second-order valence-electron chi connectivity index (χ2n) is 2.77. The summed E-state index contributed by atoms with van der Waals surface area (Å²) in [6.07, 6.45) is 2.71. The van der Waals surface area contributed by atoms with Crippen LogP contribution in [-0.2, 0) is 4.74 Å². The van der Waals surface area contributed by atoms with Crippen molar-refractivity contribution in [3.05, 3.63) is 11.8 Å². The van der Waals surface area contributed by atoms with E-state index in [4.69, 9.17) is 4.74 Å². The van der Waals surface area contributed by atoms with Gasteiger partial charge in [-0.2, -0.15) is 0 Å². The summed E-state index contributed by atoms with van der Waals surface area (Å²) in [5.74, 6) is 0.547. The van der Waals surface area contributed by atoms with E-state index in [-0.39, 0.29) is 0 Å². The van der Waals surface area contributed by atoms with E-state index in [9.17, 15) is 4.39 Å². The molecular formula is C7H10FNO. The van der Waals surface area contributed by atoms with Gasteiger partial charge in [-0.15, -0.1) is 0 Å². The van der Waals surface area contributed by atoms with E-state index in [2.05, 4.69) is 5.32 Å². The third-order valence-corrected chi connectivity index (χ3v) is 1.96. The zero-order chi connectivity index (χ0) is 7.03. The fraction of sp³-hybridized carbons (Fsp3) is 0.714. The minimum Gasteiger partial charge on any atom is -0.494 e. The smallest absolute Gasteiger partial charge is 0.191 e. The second kappa shape index (κ2) is 1.95. The van der Waals surface area contributed by atoms with Gasteiger partial charge in [0.2, 0.25) is 0 Å². The Kier molecular flexibility index (Phi) is 1.20. The maximum Gasteiger partial charge on any atom is 0.191 e. The molecule has 3 heteroatoms. The molecule has 0 aromatic carbocycles. The van der Waals surface area contributed by atoms with E-state index in [1.165, 1.54) is 0 Å². The van der Waals surface area contributed by atoms with Gasteiger partial charge >= 0.3 is 0 Å². The van der Waals surface area contributed by atoms with E-state index in [1.54, 1.807) is 0 Å². The Hall–Kier alpha value is -0.570. The molecule has 0 saturated carbocycles. The van der Waals surface area contributed by atoms with Gasteiger partial charge in [-0.05, 0) is 6.08 Å². The van der Waals surface area contributed by atoms with Crippen LogP contribution < -0.4 is 5.32 Å². The maximum absolute atomic E-state index is 13.4. The molecule has 0 aliphatic carbocycles. The van der Waals surface area contributed by atoms with Gasteiger partial charge in [-0.25, -0.2) is 4.39 Å². The first-order valence-electron chi connectivity index (χ1n) is 3.54. The van der Waals surface area contributed by atoms with Gasteiger partial charge in [0.25, 0.3) is 0 Å². The lowest BCUT2D eigenvalue weighted by Gasteiger charge is -2.34. The molecule has 0 aromatic heterocycles. The molecule has 0 spiro atoms. The van der Waals surface area contributed by atoms with Crippen LogP contribution in [0.3, 0.4) is 0 Å². The fourth-order valence-electron chi connectivity index (χ4n) is 1.25. The third-order valence-electron chi connectivity index (χ3n) is 1.96. The highest BCUT2D eigenvalue weighted by atomic mass is 19.1. The number of hydrogen-bond donors (Lipinski definition) is 1. The normalized spacial score (nSPS) is 28.7. The quantitative estimate of drug-likeness (QED) is 0.580. The summed E-state index contributed by atoms with van der Waals surface area (Å²) in [4.78, 5) is 0. The van der Waals surface area contributed by atoms with Crippen LogP contribution in [-0.4, -0.2) is 25.4 Å². The van der Waals surface area contributed by atoms with Crippen LogP contribution in [0.25, 0.3) is 0 Å². The lowest BCUT2D eigenvalue weighted by Crippen LogP contribution is -2.57. The highest BCUT2D eigenvalue weighted by Crippen LogP contribution is 2.30. The molecular weight excluding hydrogens is 133 g/mol. The zero-order valence-electron chi connectivity index (χ0n) is 5.69. The van der Waals surface area contributed by atoms with Gasteiger partial charge in [-0.1, -0.05) is 0 Å². The first-order chi connectivity index (χ1) is 4.81.